The molecule has 0 saturated heterocycles. The molecule has 1 aliphatic rings. The van der Waals surface area contributed by atoms with E-state index in [0.29, 0.717) is 5.02 Å². The number of esters is 1. The number of rotatable bonds is 4. The fourth-order valence-electron chi connectivity index (χ4n) is 2.51. The Bertz CT molecular complexity index is 551. The minimum atomic E-state index is -0.877. The molecule has 5 heteroatoms. The van der Waals surface area contributed by atoms with Crippen molar-refractivity contribution in [3.8, 4) is 5.75 Å². The lowest BCUT2D eigenvalue weighted by atomic mass is 9.89. The lowest BCUT2D eigenvalue weighted by Gasteiger charge is -2.20. The zero-order chi connectivity index (χ0) is 14.7. The first-order chi connectivity index (χ1) is 9.60. The number of ketones is 1. The van der Waals surface area contributed by atoms with Crippen LogP contribution in [0.15, 0.2) is 6.07 Å². The third kappa shape index (κ3) is 2.66. The summed E-state index contributed by atoms with van der Waals surface area (Å²) in [5.74, 6) is -1.32. The normalized spacial score (nSPS) is 13.6. The molecule has 0 aliphatic heterocycles. The number of carbonyl (C=O) groups excluding carboxylic acids is 2. The molecule has 4 nitrogen and oxygen atoms in total. The van der Waals surface area contributed by atoms with Gasteiger partial charge in [-0.05, 0) is 49.8 Å². The molecule has 2 rings (SSSR count). The summed E-state index contributed by atoms with van der Waals surface area (Å²) in [4.78, 5) is 23.8. The Balaban J connectivity index is 2.49. The van der Waals surface area contributed by atoms with Gasteiger partial charge >= 0.3 is 5.97 Å². The molecule has 20 heavy (non-hydrogen) atoms. The van der Waals surface area contributed by atoms with E-state index in [0.717, 1.165) is 36.8 Å². The third-order valence-corrected chi connectivity index (χ3v) is 3.85. The van der Waals surface area contributed by atoms with E-state index in [1.807, 2.05) is 0 Å². The van der Waals surface area contributed by atoms with Gasteiger partial charge in [-0.1, -0.05) is 11.6 Å². The summed E-state index contributed by atoms with van der Waals surface area (Å²) in [6, 6.07) is 1.72. The number of hydrogen-bond donors (Lipinski definition) is 0. The average Bonchev–Trinajstić information content (AvgIpc) is 2.46. The van der Waals surface area contributed by atoms with Crippen molar-refractivity contribution >= 4 is 23.4 Å². The number of methoxy groups -OCH3 is 1. The summed E-state index contributed by atoms with van der Waals surface area (Å²) in [6.07, 6.45) is 3.87. The van der Waals surface area contributed by atoms with Crippen molar-refractivity contribution in [2.45, 2.75) is 32.6 Å². The van der Waals surface area contributed by atoms with Crippen LogP contribution in [0.1, 0.15) is 41.3 Å². The van der Waals surface area contributed by atoms with Crippen molar-refractivity contribution < 1.29 is 19.1 Å². The van der Waals surface area contributed by atoms with Crippen molar-refractivity contribution in [1.82, 2.24) is 0 Å². The van der Waals surface area contributed by atoms with Gasteiger partial charge in [0.2, 0.25) is 0 Å². The highest BCUT2D eigenvalue weighted by molar-refractivity contribution is 6.42. The highest BCUT2D eigenvalue weighted by Crippen LogP contribution is 2.38. The van der Waals surface area contributed by atoms with Gasteiger partial charge in [-0.2, -0.15) is 0 Å². The quantitative estimate of drug-likeness (QED) is 0.487. The maximum absolute atomic E-state index is 12.1. The van der Waals surface area contributed by atoms with Crippen molar-refractivity contribution in [3.05, 3.63) is 27.8 Å². The molecule has 108 valence electrons. The largest absolute Gasteiger partial charge is 0.494 e. The first kappa shape index (κ1) is 14.9. The SMILES string of the molecule is CCOC(=O)C(=O)c1cc2c(c(Cl)c1OC)CCCC2. The molecule has 0 bridgehead atoms. The van der Waals surface area contributed by atoms with Crippen LogP contribution in [-0.2, 0) is 22.4 Å². The molecule has 0 unspecified atom stereocenters. The van der Waals surface area contributed by atoms with Crippen molar-refractivity contribution in [2.24, 2.45) is 0 Å². The number of halogens is 1. The fourth-order valence-corrected chi connectivity index (χ4v) is 2.90. The minimum Gasteiger partial charge on any atom is -0.494 e. The van der Waals surface area contributed by atoms with Crippen LogP contribution in [0.25, 0.3) is 0 Å². The van der Waals surface area contributed by atoms with E-state index < -0.39 is 11.8 Å². The van der Waals surface area contributed by atoms with Gasteiger partial charge in [0.1, 0.15) is 5.75 Å². The van der Waals surface area contributed by atoms with E-state index in [1.165, 1.54) is 7.11 Å². The fraction of sp³-hybridized carbons (Fsp3) is 0.467. The molecule has 0 aromatic heterocycles. The van der Waals surface area contributed by atoms with Gasteiger partial charge in [0.05, 0.1) is 24.3 Å². The van der Waals surface area contributed by atoms with Crippen LogP contribution in [0, 0.1) is 0 Å². The van der Waals surface area contributed by atoms with Gasteiger partial charge in [-0.3, -0.25) is 4.79 Å². The van der Waals surface area contributed by atoms with Gasteiger partial charge in [0.25, 0.3) is 5.78 Å². The van der Waals surface area contributed by atoms with Gasteiger partial charge in [-0.15, -0.1) is 0 Å². The number of carbonyl (C=O) groups is 2. The van der Waals surface area contributed by atoms with E-state index in [1.54, 1.807) is 13.0 Å². The molecule has 0 heterocycles. The van der Waals surface area contributed by atoms with Crippen LogP contribution in [0.3, 0.4) is 0 Å². The Morgan fingerprint density at radius 1 is 1.30 bits per heavy atom. The molecule has 0 amide bonds. The minimum absolute atomic E-state index is 0.158. The average molecular weight is 297 g/mol. The second-order valence-corrected chi connectivity index (χ2v) is 5.04. The Hall–Kier alpha value is -1.55. The summed E-state index contributed by atoms with van der Waals surface area (Å²) in [5, 5.41) is 0.442. The summed E-state index contributed by atoms with van der Waals surface area (Å²) < 4.78 is 9.99. The van der Waals surface area contributed by atoms with Crippen LogP contribution in [0.2, 0.25) is 5.02 Å². The summed E-state index contributed by atoms with van der Waals surface area (Å²) >= 11 is 6.33. The molecule has 0 N–H and O–H groups in total. The Morgan fingerprint density at radius 3 is 2.65 bits per heavy atom. The smallest absolute Gasteiger partial charge is 0.379 e. The number of fused-ring (bicyclic) bond motifs is 1. The topological polar surface area (TPSA) is 52.6 Å². The van der Waals surface area contributed by atoms with E-state index in [4.69, 9.17) is 21.1 Å². The van der Waals surface area contributed by atoms with Crippen LogP contribution < -0.4 is 4.74 Å². The first-order valence-electron chi connectivity index (χ1n) is 6.69. The van der Waals surface area contributed by atoms with Crippen LogP contribution >= 0.6 is 11.6 Å². The highest BCUT2D eigenvalue weighted by atomic mass is 35.5. The molecule has 1 aromatic carbocycles. The van der Waals surface area contributed by atoms with Crippen LogP contribution in [0.4, 0.5) is 0 Å². The zero-order valence-corrected chi connectivity index (χ0v) is 12.4. The standard InChI is InChI=1S/C15H17ClO4/c1-3-20-15(18)13(17)11-8-9-6-4-5-7-10(9)12(16)14(11)19-2/h8H,3-7H2,1-2H3. The first-order valence-corrected chi connectivity index (χ1v) is 7.07. The summed E-state index contributed by atoms with van der Waals surface area (Å²) in [6.45, 7) is 1.81. The number of benzene rings is 1. The van der Waals surface area contributed by atoms with Crippen LogP contribution in [-0.4, -0.2) is 25.5 Å². The number of hydrogen-bond acceptors (Lipinski definition) is 4. The molecular weight excluding hydrogens is 280 g/mol. The van der Waals surface area contributed by atoms with Gasteiger partial charge in [-0.25, -0.2) is 4.79 Å². The molecule has 0 saturated carbocycles. The molecule has 0 atom stereocenters. The van der Waals surface area contributed by atoms with E-state index >= 15 is 0 Å². The van der Waals surface area contributed by atoms with Crippen molar-refractivity contribution in [3.63, 3.8) is 0 Å². The van der Waals surface area contributed by atoms with Gasteiger partial charge in [0, 0.05) is 0 Å². The van der Waals surface area contributed by atoms with Crippen molar-refractivity contribution in [2.75, 3.05) is 13.7 Å². The molecule has 0 radical (unpaired) electrons. The maximum Gasteiger partial charge on any atom is 0.379 e. The predicted octanol–water partition coefficient (Wildman–Crippen LogP) is 2.97. The number of ether oxygens (including phenoxy) is 2. The molecule has 0 fully saturated rings. The lowest BCUT2D eigenvalue weighted by Crippen LogP contribution is -2.19. The number of aryl methyl sites for hydroxylation is 1. The highest BCUT2D eigenvalue weighted by Gasteiger charge is 2.27. The summed E-state index contributed by atoms with van der Waals surface area (Å²) in [7, 11) is 1.44. The second-order valence-electron chi connectivity index (χ2n) is 4.67. The predicted molar refractivity (Wildman–Crippen MR) is 75.6 cm³/mol. The maximum atomic E-state index is 12.1. The Labute approximate surface area is 123 Å². The second kappa shape index (κ2) is 6.27. The van der Waals surface area contributed by atoms with Crippen LogP contribution in [0.5, 0.6) is 5.75 Å². The Kier molecular flexibility index (Phi) is 4.65. The summed E-state index contributed by atoms with van der Waals surface area (Å²) in [5.41, 5.74) is 2.24. The molecule has 1 aromatic rings. The van der Waals surface area contributed by atoms with Gasteiger partial charge < -0.3 is 9.47 Å². The third-order valence-electron chi connectivity index (χ3n) is 3.45. The van der Waals surface area contributed by atoms with E-state index in [2.05, 4.69) is 0 Å². The zero-order valence-electron chi connectivity index (χ0n) is 11.6. The lowest BCUT2D eigenvalue weighted by molar-refractivity contribution is -0.137. The molecule has 0 spiro atoms. The van der Waals surface area contributed by atoms with Crippen molar-refractivity contribution in [1.29, 1.82) is 0 Å². The monoisotopic (exact) mass is 296 g/mol. The Morgan fingerprint density at radius 2 is 2.00 bits per heavy atom. The molecule has 1 aliphatic carbocycles. The molecular formula is C15H17ClO4. The number of Topliss-reactive ketones (excluding diaryl/α,β-unsaturated/α-hetero) is 1. The van der Waals surface area contributed by atoms with E-state index in [-0.39, 0.29) is 17.9 Å². The van der Waals surface area contributed by atoms with Gasteiger partial charge in [0.15, 0.2) is 0 Å². The van der Waals surface area contributed by atoms with E-state index in [9.17, 15) is 9.59 Å².